The second kappa shape index (κ2) is 9.86. The van der Waals surface area contributed by atoms with Gasteiger partial charge in [-0.05, 0) is 44.0 Å². The normalized spacial score (nSPS) is 11.1. The highest BCUT2D eigenvalue weighted by molar-refractivity contribution is 7.90. The molecule has 162 valence electrons. The Kier molecular flexibility index (Phi) is 7.74. The lowest BCUT2D eigenvalue weighted by Gasteiger charge is -2.08. The number of carbonyl (C=O) groups excluding carboxylic acids is 3. The minimum absolute atomic E-state index is 0.0122. The van der Waals surface area contributed by atoms with Crippen LogP contribution in [0.2, 0.25) is 0 Å². The van der Waals surface area contributed by atoms with Crippen molar-refractivity contribution in [2.45, 2.75) is 32.1 Å². The van der Waals surface area contributed by atoms with E-state index in [0.29, 0.717) is 17.0 Å². The van der Waals surface area contributed by atoms with Crippen molar-refractivity contribution in [3.05, 3.63) is 45.8 Å². The van der Waals surface area contributed by atoms with Gasteiger partial charge in [-0.25, -0.2) is 18.0 Å². The number of esters is 2. The van der Waals surface area contributed by atoms with Gasteiger partial charge in [-0.1, -0.05) is 13.0 Å². The zero-order valence-corrected chi connectivity index (χ0v) is 18.7. The molecule has 30 heavy (non-hydrogen) atoms. The molecule has 0 aliphatic carbocycles. The number of ether oxygens (including phenoxy) is 2. The molecule has 0 fully saturated rings. The second-order valence-corrected chi connectivity index (χ2v) is 9.47. The number of nitrogens with one attached hydrogen (secondary N) is 1. The van der Waals surface area contributed by atoms with E-state index in [9.17, 15) is 22.8 Å². The van der Waals surface area contributed by atoms with E-state index in [4.69, 9.17) is 9.47 Å². The Morgan fingerprint density at radius 1 is 1.10 bits per heavy atom. The average Bonchev–Trinajstić information content (AvgIpc) is 3.00. The number of hydrogen-bond donors (Lipinski definition) is 1. The third-order valence-electron chi connectivity index (χ3n) is 4.13. The van der Waals surface area contributed by atoms with E-state index >= 15 is 0 Å². The average molecular weight is 454 g/mol. The van der Waals surface area contributed by atoms with E-state index in [1.165, 1.54) is 35.6 Å². The summed E-state index contributed by atoms with van der Waals surface area (Å²) in [5.74, 6) is -1.99. The van der Waals surface area contributed by atoms with Crippen molar-refractivity contribution >= 4 is 44.0 Å². The van der Waals surface area contributed by atoms with Crippen LogP contribution in [0.4, 0.5) is 5.00 Å². The minimum atomic E-state index is -3.48. The number of thiophene rings is 1. The Morgan fingerprint density at radius 3 is 2.40 bits per heavy atom. The van der Waals surface area contributed by atoms with Crippen molar-refractivity contribution in [2.75, 3.05) is 24.8 Å². The fraction of sp³-hybridized carbons (Fsp3) is 0.350. The molecule has 0 saturated carbocycles. The molecule has 0 radical (unpaired) electrons. The number of sulfone groups is 1. The van der Waals surface area contributed by atoms with E-state index < -0.39 is 34.3 Å². The molecule has 8 nitrogen and oxygen atoms in total. The van der Waals surface area contributed by atoms with Crippen LogP contribution < -0.4 is 5.32 Å². The molecular formula is C20H23NO7S2. The van der Waals surface area contributed by atoms with Crippen LogP contribution in [0.3, 0.4) is 0 Å². The Labute approximate surface area is 179 Å². The van der Waals surface area contributed by atoms with Gasteiger partial charge in [0.05, 0.1) is 22.6 Å². The summed E-state index contributed by atoms with van der Waals surface area (Å²) >= 11 is 1.26. The van der Waals surface area contributed by atoms with Gasteiger partial charge >= 0.3 is 11.9 Å². The number of carbonyl (C=O) groups is 3. The Bertz CT molecular complexity index is 1070. The summed E-state index contributed by atoms with van der Waals surface area (Å²) in [6.45, 7) is 5.02. The molecule has 2 aromatic rings. The Morgan fingerprint density at radius 2 is 1.80 bits per heavy atom. The van der Waals surface area contributed by atoms with Gasteiger partial charge in [0.2, 0.25) is 0 Å². The van der Waals surface area contributed by atoms with Gasteiger partial charge < -0.3 is 14.8 Å². The van der Waals surface area contributed by atoms with Crippen molar-refractivity contribution in [2.24, 2.45) is 0 Å². The standard InChI is InChI=1S/C20H23NO7S2/c1-5-15-12(3)17(20(24)27-6-2)18(29-15)21-16(22)11-28-19(23)13-8-7-9-14(10-13)30(4,25)26/h7-10H,5-6,11H2,1-4H3,(H,21,22). The van der Waals surface area contributed by atoms with Crippen LogP contribution in [-0.4, -0.2) is 45.7 Å². The number of benzene rings is 1. The first kappa shape index (κ1) is 23.6. The molecule has 0 aliphatic rings. The predicted molar refractivity (Wildman–Crippen MR) is 113 cm³/mol. The van der Waals surface area contributed by atoms with Gasteiger partial charge in [0.15, 0.2) is 16.4 Å². The molecule has 0 aliphatic heterocycles. The number of aryl methyl sites for hydroxylation is 1. The van der Waals surface area contributed by atoms with E-state index in [1.807, 2.05) is 6.92 Å². The first-order chi connectivity index (χ1) is 14.1. The number of anilines is 1. The first-order valence-corrected chi connectivity index (χ1v) is 11.9. The zero-order chi connectivity index (χ0) is 22.5. The van der Waals surface area contributed by atoms with E-state index in [0.717, 1.165) is 16.7 Å². The lowest BCUT2D eigenvalue weighted by molar-refractivity contribution is -0.119. The minimum Gasteiger partial charge on any atom is -0.462 e. The molecule has 1 heterocycles. The van der Waals surface area contributed by atoms with Crippen molar-refractivity contribution in [1.29, 1.82) is 0 Å². The smallest absolute Gasteiger partial charge is 0.341 e. The second-order valence-electron chi connectivity index (χ2n) is 6.35. The maximum absolute atomic E-state index is 12.3. The van der Waals surface area contributed by atoms with Gasteiger partial charge in [-0.2, -0.15) is 0 Å². The molecule has 2 rings (SSSR count). The summed E-state index contributed by atoms with van der Waals surface area (Å²) < 4.78 is 33.3. The zero-order valence-electron chi connectivity index (χ0n) is 17.1. The Balaban J connectivity index is 2.10. The van der Waals surface area contributed by atoms with Crippen LogP contribution in [0.1, 0.15) is 45.0 Å². The molecule has 1 aromatic heterocycles. The number of amides is 1. The highest BCUT2D eigenvalue weighted by Gasteiger charge is 2.23. The van der Waals surface area contributed by atoms with Crippen LogP contribution in [0, 0.1) is 6.92 Å². The van der Waals surface area contributed by atoms with Gasteiger partial charge in [-0.3, -0.25) is 4.79 Å². The molecule has 0 atom stereocenters. The highest BCUT2D eigenvalue weighted by Crippen LogP contribution is 2.34. The third kappa shape index (κ3) is 5.67. The monoisotopic (exact) mass is 453 g/mol. The Hall–Kier alpha value is -2.72. The highest BCUT2D eigenvalue weighted by atomic mass is 32.2. The van der Waals surface area contributed by atoms with Crippen LogP contribution >= 0.6 is 11.3 Å². The summed E-state index contributed by atoms with van der Waals surface area (Å²) in [7, 11) is -3.48. The topological polar surface area (TPSA) is 116 Å². The van der Waals surface area contributed by atoms with Crippen molar-refractivity contribution < 1.29 is 32.3 Å². The van der Waals surface area contributed by atoms with Gasteiger partial charge in [0, 0.05) is 11.1 Å². The molecule has 0 saturated heterocycles. The van der Waals surface area contributed by atoms with Crippen molar-refractivity contribution in [3.8, 4) is 0 Å². The first-order valence-electron chi connectivity index (χ1n) is 9.14. The van der Waals surface area contributed by atoms with Gasteiger partial charge in [0.25, 0.3) is 5.91 Å². The predicted octanol–water partition coefficient (Wildman–Crippen LogP) is 2.99. The lowest BCUT2D eigenvalue weighted by atomic mass is 10.1. The maximum atomic E-state index is 12.3. The number of hydrogen-bond acceptors (Lipinski definition) is 8. The quantitative estimate of drug-likeness (QED) is 0.611. The molecule has 1 aromatic carbocycles. The van der Waals surface area contributed by atoms with Crippen LogP contribution in [0.5, 0.6) is 0 Å². The third-order valence-corrected chi connectivity index (χ3v) is 6.59. The van der Waals surface area contributed by atoms with E-state index in [1.54, 1.807) is 13.8 Å². The summed E-state index contributed by atoms with van der Waals surface area (Å²) in [6, 6.07) is 5.36. The maximum Gasteiger partial charge on any atom is 0.341 e. The fourth-order valence-corrected chi connectivity index (χ4v) is 4.48. The van der Waals surface area contributed by atoms with Crippen LogP contribution in [-0.2, 0) is 30.5 Å². The summed E-state index contributed by atoms with van der Waals surface area (Å²) in [5.41, 5.74) is 1.04. The molecule has 0 unspecified atom stereocenters. The van der Waals surface area contributed by atoms with Crippen molar-refractivity contribution in [3.63, 3.8) is 0 Å². The van der Waals surface area contributed by atoms with Crippen LogP contribution in [0.25, 0.3) is 0 Å². The summed E-state index contributed by atoms with van der Waals surface area (Å²) in [6.07, 6.45) is 1.71. The van der Waals surface area contributed by atoms with E-state index in [2.05, 4.69) is 5.32 Å². The summed E-state index contributed by atoms with van der Waals surface area (Å²) in [4.78, 5) is 37.6. The molecule has 1 amide bonds. The van der Waals surface area contributed by atoms with Gasteiger partial charge in [-0.15, -0.1) is 11.3 Å². The molecule has 10 heteroatoms. The molecular weight excluding hydrogens is 430 g/mol. The largest absolute Gasteiger partial charge is 0.462 e. The van der Waals surface area contributed by atoms with Crippen molar-refractivity contribution in [1.82, 2.24) is 0 Å². The van der Waals surface area contributed by atoms with E-state index in [-0.39, 0.29) is 17.1 Å². The molecule has 0 bridgehead atoms. The fourth-order valence-electron chi connectivity index (χ4n) is 2.67. The summed E-state index contributed by atoms with van der Waals surface area (Å²) in [5, 5.41) is 2.93. The van der Waals surface area contributed by atoms with Gasteiger partial charge in [0.1, 0.15) is 5.00 Å². The molecule has 0 spiro atoms. The molecule has 1 N–H and O–H groups in total. The SMILES string of the molecule is CCOC(=O)c1c(NC(=O)COC(=O)c2cccc(S(C)(=O)=O)c2)sc(CC)c1C. The van der Waals surface area contributed by atoms with Crippen LogP contribution in [0.15, 0.2) is 29.2 Å². The number of rotatable bonds is 8. The lowest BCUT2D eigenvalue weighted by Crippen LogP contribution is -2.22.